The Hall–Kier alpha value is -3.86. The summed E-state index contributed by atoms with van der Waals surface area (Å²) in [4.78, 5) is 9.38. The Morgan fingerprint density at radius 3 is 1.62 bits per heavy atom. The van der Waals surface area contributed by atoms with Crippen molar-refractivity contribution in [2.75, 3.05) is 31.1 Å². The summed E-state index contributed by atoms with van der Waals surface area (Å²) in [6.07, 6.45) is 12.4. The van der Waals surface area contributed by atoms with Crippen molar-refractivity contribution in [2.45, 2.75) is 19.8 Å². The lowest BCUT2D eigenvalue weighted by molar-refractivity contribution is 0.705. The van der Waals surface area contributed by atoms with Gasteiger partial charge in [0.2, 0.25) is 0 Å². The normalized spacial score (nSPS) is 11.4. The molecule has 16 heteroatoms. The minimum Gasteiger partial charge on any atom is -0.383 e. The zero-order valence-corrected chi connectivity index (χ0v) is 26.6. The van der Waals surface area contributed by atoms with Crippen LogP contribution in [-0.2, 0) is 26.9 Å². The number of nitrogens with zero attached hydrogens (tertiary/aromatic N) is 10. The first-order valence-corrected chi connectivity index (χ1v) is 14.8. The topological polar surface area (TPSA) is 186 Å². The molecule has 0 aliphatic heterocycles. The van der Waals surface area contributed by atoms with Crippen LogP contribution in [0.25, 0.3) is 33.5 Å². The molecule has 0 radical (unpaired) electrons. The van der Waals surface area contributed by atoms with E-state index in [0.717, 1.165) is 67.7 Å². The van der Waals surface area contributed by atoms with Gasteiger partial charge < -0.3 is 22.5 Å². The zero-order chi connectivity index (χ0) is 30.0. The van der Waals surface area contributed by atoms with Crippen LogP contribution in [0.5, 0.6) is 0 Å². The first-order valence-electron chi connectivity index (χ1n) is 13.2. The molecule has 6 aromatic rings. The van der Waals surface area contributed by atoms with E-state index in [1.54, 1.807) is 43.2 Å². The number of nitrogens with two attached hydrogens (primary N) is 3. The van der Waals surface area contributed by atoms with Crippen LogP contribution in [-0.4, -0.2) is 68.4 Å². The molecule has 0 spiro atoms. The van der Waals surface area contributed by atoms with Crippen molar-refractivity contribution in [2.24, 2.45) is 19.8 Å². The van der Waals surface area contributed by atoms with E-state index in [9.17, 15) is 0 Å². The van der Waals surface area contributed by atoms with Crippen LogP contribution < -0.4 is 22.5 Å². The van der Waals surface area contributed by atoms with Crippen LogP contribution in [0.1, 0.15) is 18.3 Å². The third-order valence-electron chi connectivity index (χ3n) is 6.58. The molecule has 0 fully saturated rings. The summed E-state index contributed by atoms with van der Waals surface area (Å²) in [5.74, 6) is 1.08. The third kappa shape index (κ3) is 5.74. The van der Waals surface area contributed by atoms with Crippen LogP contribution in [0.4, 0.5) is 11.6 Å². The van der Waals surface area contributed by atoms with Gasteiger partial charge in [-0.2, -0.15) is 29.4 Å². The van der Waals surface area contributed by atoms with E-state index in [4.69, 9.17) is 22.2 Å². The van der Waals surface area contributed by atoms with E-state index in [-0.39, 0.29) is 0 Å². The van der Waals surface area contributed by atoms with Crippen LogP contribution in [0.3, 0.4) is 0 Å². The molecule has 0 aliphatic rings. The van der Waals surface area contributed by atoms with E-state index in [0.29, 0.717) is 30.2 Å². The first kappa shape index (κ1) is 29.6. The van der Waals surface area contributed by atoms with Gasteiger partial charge in [0.25, 0.3) is 0 Å². The number of aromatic nitrogens is 10. The number of anilines is 2. The number of hydrogen-bond donors (Lipinski definition) is 4. The fourth-order valence-corrected chi connectivity index (χ4v) is 5.38. The van der Waals surface area contributed by atoms with Gasteiger partial charge in [-0.05, 0) is 44.9 Å². The summed E-state index contributed by atoms with van der Waals surface area (Å²) in [5, 5.41) is 20.3. The maximum atomic E-state index is 6.19. The molecule has 42 heavy (non-hydrogen) atoms. The molecule has 14 nitrogen and oxygen atoms in total. The number of rotatable bonds is 8. The highest BCUT2D eigenvalue weighted by molar-refractivity contribution is 9.11. The highest BCUT2D eigenvalue weighted by Gasteiger charge is 2.18. The highest BCUT2D eigenvalue weighted by atomic mass is 79.9. The van der Waals surface area contributed by atoms with Crippen molar-refractivity contribution >= 4 is 54.8 Å². The predicted molar refractivity (Wildman–Crippen MR) is 170 cm³/mol. The van der Waals surface area contributed by atoms with E-state index in [1.807, 2.05) is 26.5 Å². The van der Waals surface area contributed by atoms with Gasteiger partial charge in [0.1, 0.15) is 11.6 Å². The van der Waals surface area contributed by atoms with Crippen molar-refractivity contribution < 1.29 is 0 Å². The summed E-state index contributed by atoms with van der Waals surface area (Å²) >= 11 is 6.98. The van der Waals surface area contributed by atoms with Gasteiger partial charge in [-0.1, -0.05) is 6.92 Å². The molecule has 0 aliphatic carbocycles. The van der Waals surface area contributed by atoms with Crippen LogP contribution in [0, 0.1) is 0 Å². The number of likely N-dealkylation sites (N-methyl/N-ethyl adjacent to an activating group) is 1. The molecular weight excluding hydrogens is 668 g/mol. The largest absolute Gasteiger partial charge is 0.383 e. The van der Waals surface area contributed by atoms with Crippen molar-refractivity contribution in [1.82, 2.24) is 54.1 Å². The number of hydrogen-bond acceptors (Lipinski definition) is 10. The van der Waals surface area contributed by atoms with Gasteiger partial charge in [-0.3, -0.25) is 9.36 Å². The molecule has 0 saturated heterocycles. The molecule has 220 valence electrons. The van der Waals surface area contributed by atoms with E-state index >= 15 is 0 Å². The number of fused-ring (bicyclic) bond motifs is 2. The first-order chi connectivity index (χ1) is 20.2. The highest BCUT2D eigenvalue weighted by Crippen LogP contribution is 2.31. The summed E-state index contributed by atoms with van der Waals surface area (Å²) in [7, 11) is 3.75. The molecule has 0 unspecified atom stereocenters. The second-order valence-corrected chi connectivity index (χ2v) is 11.1. The SMILES string of the molecule is CCNCCc1nc2c(-c3cnn(C)c3)cnn2c(N)c1Br.Cn1cc(-c2cnn3c(N)c(Br)c(CCN)nc23)cn1. The van der Waals surface area contributed by atoms with Crippen LogP contribution in [0.2, 0.25) is 0 Å². The predicted octanol–water partition coefficient (Wildman–Crippen LogP) is 2.60. The molecule has 6 rings (SSSR count). The molecule has 0 saturated carbocycles. The Kier molecular flexibility index (Phi) is 8.86. The number of aryl methyl sites for hydroxylation is 2. The van der Waals surface area contributed by atoms with E-state index in [1.165, 1.54) is 0 Å². The lowest BCUT2D eigenvalue weighted by Crippen LogP contribution is -2.17. The number of nitrogens with one attached hydrogen (secondary N) is 1. The third-order valence-corrected chi connectivity index (χ3v) is 8.31. The monoisotopic (exact) mass is 698 g/mol. The molecule has 0 atom stereocenters. The second-order valence-electron chi connectivity index (χ2n) is 9.55. The van der Waals surface area contributed by atoms with E-state index < -0.39 is 0 Å². The molecule has 6 aromatic heterocycles. The molecule has 6 heterocycles. The Morgan fingerprint density at radius 2 is 1.21 bits per heavy atom. The quantitative estimate of drug-likeness (QED) is 0.172. The Labute approximate surface area is 258 Å². The maximum absolute atomic E-state index is 6.19. The molecule has 0 amide bonds. The van der Waals surface area contributed by atoms with Gasteiger partial charge in [0.15, 0.2) is 11.3 Å². The van der Waals surface area contributed by atoms with Gasteiger partial charge >= 0.3 is 0 Å². The van der Waals surface area contributed by atoms with Gasteiger partial charge in [0, 0.05) is 68.1 Å². The van der Waals surface area contributed by atoms with Crippen LogP contribution in [0.15, 0.2) is 46.1 Å². The van der Waals surface area contributed by atoms with Gasteiger partial charge in [-0.25, -0.2) is 9.97 Å². The Bertz CT molecular complexity index is 1850. The lowest BCUT2D eigenvalue weighted by Gasteiger charge is -2.09. The van der Waals surface area contributed by atoms with E-state index in [2.05, 4.69) is 69.5 Å². The maximum Gasteiger partial charge on any atom is 0.165 e. The summed E-state index contributed by atoms with van der Waals surface area (Å²) in [5.41, 5.74) is 24.9. The molecular formula is C26H32Br2N14. The second kappa shape index (κ2) is 12.6. The molecule has 7 N–H and O–H groups in total. The number of nitrogen functional groups attached to an aromatic ring is 2. The molecule has 0 aromatic carbocycles. The van der Waals surface area contributed by atoms with Gasteiger partial charge in [0.05, 0.1) is 45.1 Å². The lowest BCUT2D eigenvalue weighted by atomic mass is 10.2. The van der Waals surface area contributed by atoms with Crippen molar-refractivity contribution in [1.29, 1.82) is 0 Å². The Morgan fingerprint density at radius 1 is 0.738 bits per heavy atom. The average Bonchev–Trinajstić information content (AvgIpc) is 3.77. The fraction of sp³-hybridized carbons (Fsp3) is 0.308. The van der Waals surface area contributed by atoms with Crippen LogP contribution >= 0.6 is 31.9 Å². The number of halogens is 2. The fourth-order valence-electron chi connectivity index (χ4n) is 4.47. The average molecular weight is 700 g/mol. The summed E-state index contributed by atoms with van der Waals surface area (Å²) < 4.78 is 8.32. The Balaban J connectivity index is 0.000000169. The van der Waals surface area contributed by atoms with Crippen molar-refractivity contribution in [3.05, 3.63) is 57.5 Å². The summed E-state index contributed by atoms with van der Waals surface area (Å²) in [6.45, 7) is 4.38. The smallest absolute Gasteiger partial charge is 0.165 e. The van der Waals surface area contributed by atoms with Gasteiger partial charge in [-0.15, -0.1) is 0 Å². The summed E-state index contributed by atoms with van der Waals surface area (Å²) in [6, 6.07) is 0. The standard InChI is InChI=1S/C14H18BrN7.C12H14BrN7/c1-3-17-5-4-11-12(15)13(16)22-14(20-11)10(7-19-22)9-6-18-21(2)8-9;1-19-6-7(4-16-19)8-5-17-20-11(15)10(13)9(2-3-14)18-12(8)20/h6-8,17H,3-5,16H2,1-2H3;4-6H,2-3,14-15H2,1H3. The van der Waals surface area contributed by atoms with Crippen molar-refractivity contribution in [3.63, 3.8) is 0 Å². The minimum atomic E-state index is 0.511. The minimum absolute atomic E-state index is 0.511. The van der Waals surface area contributed by atoms with Crippen molar-refractivity contribution in [3.8, 4) is 22.3 Å². The zero-order valence-electron chi connectivity index (χ0n) is 23.5. The molecule has 0 bridgehead atoms.